The summed E-state index contributed by atoms with van der Waals surface area (Å²) in [5, 5.41) is 6.55. The van der Waals surface area contributed by atoms with E-state index in [4.69, 9.17) is 21.9 Å². The van der Waals surface area contributed by atoms with Crippen molar-refractivity contribution in [1.29, 1.82) is 0 Å². The Balaban J connectivity index is 2.32. The van der Waals surface area contributed by atoms with E-state index in [0.29, 0.717) is 22.8 Å². The van der Waals surface area contributed by atoms with Crippen LogP contribution < -0.4 is 11.1 Å². The monoisotopic (exact) mass is 266 g/mol. The third-order valence-corrected chi connectivity index (χ3v) is 2.50. The lowest BCUT2D eigenvalue weighted by Gasteiger charge is -1.99. The van der Waals surface area contributed by atoms with Gasteiger partial charge in [-0.05, 0) is 25.1 Å². The Kier molecular flexibility index (Phi) is 3.47. The van der Waals surface area contributed by atoms with Crippen LogP contribution in [0.1, 0.15) is 17.5 Å². The van der Waals surface area contributed by atoms with Gasteiger partial charge in [-0.25, -0.2) is 0 Å². The second kappa shape index (κ2) is 5.05. The molecule has 2 rings (SSSR count). The van der Waals surface area contributed by atoms with Gasteiger partial charge in [-0.1, -0.05) is 16.8 Å². The lowest BCUT2D eigenvalue weighted by molar-refractivity contribution is 0.0942. The van der Waals surface area contributed by atoms with Crippen LogP contribution in [-0.4, -0.2) is 22.6 Å². The summed E-state index contributed by atoms with van der Waals surface area (Å²) in [6.45, 7) is 2.29. The highest BCUT2D eigenvalue weighted by Gasteiger charge is 2.16. The normalized spacial score (nSPS) is 10.3. The van der Waals surface area contributed by atoms with E-state index in [1.54, 1.807) is 25.1 Å². The first-order chi connectivity index (χ1) is 8.61. The predicted octanol–water partition coefficient (Wildman–Crippen LogP) is 1.72. The zero-order valence-electron chi connectivity index (χ0n) is 9.61. The van der Waals surface area contributed by atoms with Crippen LogP contribution in [0.3, 0.4) is 0 Å². The van der Waals surface area contributed by atoms with Crippen LogP contribution in [0, 0.1) is 0 Å². The number of nitrogen functional groups attached to an aromatic ring is 1. The minimum absolute atomic E-state index is 0.0280. The van der Waals surface area contributed by atoms with Crippen molar-refractivity contribution in [1.82, 2.24) is 15.5 Å². The van der Waals surface area contributed by atoms with Crippen LogP contribution in [0.4, 0.5) is 5.69 Å². The Morgan fingerprint density at radius 2 is 2.33 bits per heavy atom. The van der Waals surface area contributed by atoms with Crippen LogP contribution in [0.2, 0.25) is 5.02 Å². The second-order valence-electron chi connectivity index (χ2n) is 3.52. The lowest BCUT2D eigenvalue weighted by Crippen LogP contribution is -2.23. The zero-order chi connectivity index (χ0) is 13.1. The average Bonchev–Trinajstić information content (AvgIpc) is 2.78. The quantitative estimate of drug-likeness (QED) is 0.825. The largest absolute Gasteiger partial charge is 0.399 e. The SMILES string of the molecule is CCNC(=O)c1noc(-c2ccc(N)cc2Cl)n1. The Hall–Kier alpha value is -2.08. The third-order valence-electron chi connectivity index (χ3n) is 2.19. The van der Waals surface area contributed by atoms with Crippen LogP contribution in [0.5, 0.6) is 0 Å². The van der Waals surface area contributed by atoms with Gasteiger partial charge in [0.1, 0.15) is 0 Å². The van der Waals surface area contributed by atoms with E-state index in [2.05, 4.69) is 15.5 Å². The summed E-state index contributed by atoms with van der Waals surface area (Å²) in [6.07, 6.45) is 0. The van der Waals surface area contributed by atoms with Crippen molar-refractivity contribution in [3.63, 3.8) is 0 Å². The summed E-state index contributed by atoms with van der Waals surface area (Å²) in [6, 6.07) is 4.90. The number of rotatable bonds is 3. The van der Waals surface area contributed by atoms with Crippen molar-refractivity contribution in [2.75, 3.05) is 12.3 Å². The second-order valence-corrected chi connectivity index (χ2v) is 3.93. The maximum atomic E-state index is 11.5. The minimum Gasteiger partial charge on any atom is -0.399 e. The van der Waals surface area contributed by atoms with E-state index in [1.165, 1.54) is 0 Å². The molecule has 0 unspecified atom stereocenters. The number of anilines is 1. The molecule has 94 valence electrons. The van der Waals surface area contributed by atoms with Crippen LogP contribution in [0.25, 0.3) is 11.5 Å². The van der Waals surface area contributed by atoms with Gasteiger partial charge in [0, 0.05) is 12.2 Å². The highest BCUT2D eigenvalue weighted by atomic mass is 35.5. The minimum atomic E-state index is -0.390. The molecule has 1 heterocycles. The third kappa shape index (κ3) is 2.43. The number of carbonyl (C=O) groups excluding carboxylic acids is 1. The van der Waals surface area contributed by atoms with E-state index in [1.807, 2.05) is 0 Å². The summed E-state index contributed by atoms with van der Waals surface area (Å²) >= 11 is 6.01. The van der Waals surface area contributed by atoms with Gasteiger partial charge in [0.15, 0.2) is 0 Å². The number of nitrogens with zero attached hydrogens (tertiary/aromatic N) is 2. The molecule has 0 bridgehead atoms. The number of carbonyl (C=O) groups is 1. The number of aromatic nitrogens is 2. The Morgan fingerprint density at radius 1 is 1.56 bits per heavy atom. The van der Waals surface area contributed by atoms with E-state index >= 15 is 0 Å². The molecular weight excluding hydrogens is 256 g/mol. The highest BCUT2D eigenvalue weighted by molar-refractivity contribution is 6.33. The summed E-state index contributed by atoms with van der Waals surface area (Å²) < 4.78 is 4.99. The molecule has 18 heavy (non-hydrogen) atoms. The van der Waals surface area contributed by atoms with Crippen molar-refractivity contribution in [3.8, 4) is 11.5 Å². The summed E-state index contributed by atoms with van der Waals surface area (Å²) in [7, 11) is 0. The number of nitrogens with two attached hydrogens (primary N) is 1. The molecule has 6 nitrogen and oxygen atoms in total. The van der Waals surface area contributed by atoms with Gasteiger partial charge in [-0.2, -0.15) is 4.98 Å². The molecule has 0 saturated carbocycles. The average molecular weight is 267 g/mol. The number of hydrogen-bond donors (Lipinski definition) is 2. The zero-order valence-corrected chi connectivity index (χ0v) is 10.4. The van der Waals surface area contributed by atoms with E-state index in [-0.39, 0.29) is 17.6 Å². The smallest absolute Gasteiger partial charge is 0.292 e. The molecule has 3 N–H and O–H groups in total. The molecule has 0 aliphatic rings. The van der Waals surface area contributed by atoms with Crippen molar-refractivity contribution >= 4 is 23.2 Å². The summed E-state index contributed by atoms with van der Waals surface area (Å²) in [5.74, 6) is -0.236. The van der Waals surface area contributed by atoms with Gasteiger partial charge < -0.3 is 15.6 Å². The van der Waals surface area contributed by atoms with Gasteiger partial charge in [-0.3, -0.25) is 4.79 Å². The fourth-order valence-corrected chi connectivity index (χ4v) is 1.64. The van der Waals surface area contributed by atoms with E-state index < -0.39 is 0 Å². The molecule has 0 spiro atoms. The molecule has 1 aromatic heterocycles. The molecule has 1 aromatic carbocycles. The molecule has 0 radical (unpaired) electrons. The predicted molar refractivity (Wildman–Crippen MR) is 67.2 cm³/mol. The Labute approximate surface area is 108 Å². The maximum Gasteiger partial charge on any atom is 0.292 e. The molecule has 0 aliphatic carbocycles. The molecular formula is C11H11ClN4O2. The topological polar surface area (TPSA) is 94.0 Å². The van der Waals surface area contributed by atoms with E-state index in [9.17, 15) is 4.79 Å². The van der Waals surface area contributed by atoms with Gasteiger partial charge >= 0.3 is 0 Å². The van der Waals surface area contributed by atoms with Crippen LogP contribution in [0.15, 0.2) is 22.7 Å². The van der Waals surface area contributed by atoms with Gasteiger partial charge in [-0.15, -0.1) is 0 Å². The van der Waals surface area contributed by atoms with E-state index in [0.717, 1.165) is 0 Å². The molecule has 0 aliphatic heterocycles. The molecule has 0 saturated heterocycles. The number of hydrogen-bond acceptors (Lipinski definition) is 5. The number of halogens is 1. The standard InChI is InChI=1S/C11H11ClN4O2/c1-2-14-10(17)9-15-11(18-16-9)7-4-3-6(13)5-8(7)12/h3-5H,2,13H2,1H3,(H,14,17). The molecule has 7 heteroatoms. The number of amides is 1. The molecule has 1 amide bonds. The molecule has 2 aromatic rings. The summed E-state index contributed by atoms with van der Waals surface area (Å²) in [4.78, 5) is 15.5. The number of nitrogens with one attached hydrogen (secondary N) is 1. The van der Waals surface area contributed by atoms with Crippen LogP contribution in [-0.2, 0) is 0 Å². The molecule has 0 fully saturated rings. The number of benzene rings is 1. The first-order valence-corrected chi connectivity index (χ1v) is 5.67. The van der Waals surface area contributed by atoms with Gasteiger partial charge in [0.05, 0.1) is 10.6 Å². The van der Waals surface area contributed by atoms with Gasteiger partial charge in [0.2, 0.25) is 0 Å². The molecule has 0 atom stereocenters. The lowest BCUT2D eigenvalue weighted by atomic mass is 10.2. The first-order valence-electron chi connectivity index (χ1n) is 5.29. The Bertz CT molecular complexity index is 582. The highest BCUT2D eigenvalue weighted by Crippen LogP contribution is 2.28. The van der Waals surface area contributed by atoms with Gasteiger partial charge in [0.25, 0.3) is 17.6 Å². The van der Waals surface area contributed by atoms with Crippen molar-refractivity contribution < 1.29 is 9.32 Å². The maximum absolute atomic E-state index is 11.5. The Morgan fingerprint density at radius 3 is 3.00 bits per heavy atom. The van der Waals surface area contributed by atoms with Crippen LogP contribution >= 0.6 is 11.6 Å². The van der Waals surface area contributed by atoms with Crippen molar-refractivity contribution in [3.05, 3.63) is 29.0 Å². The fraction of sp³-hybridized carbons (Fsp3) is 0.182. The van der Waals surface area contributed by atoms with Crippen molar-refractivity contribution in [2.45, 2.75) is 6.92 Å². The summed E-state index contributed by atoms with van der Waals surface area (Å²) in [5.41, 5.74) is 6.65. The van der Waals surface area contributed by atoms with Crippen molar-refractivity contribution in [2.24, 2.45) is 0 Å². The first kappa shape index (κ1) is 12.4. The fourth-order valence-electron chi connectivity index (χ4n) is 1.37.